The summed E-state index contributed by atoms with van der Waals surface area (Å²) in [6, 6.07) is 6.45. The van der Waals surface area contributed by atoms with E-state index in [1.165, 1.54) is 41.4 Å². The Kier molecular flexibility index (Phi) is 5.88. The summed E-state index contributed by atoms with van der Waals surface area (Å²) in [5, 5.41) is 8.69. The third-order valence-electron chi connectivity index (χ3n) is 4.94. The van der Waals surface area contributed by atoms with Gasteiger partial charge in [-0.1, -0.05) is 11.6 Å². The predicted molar refractivity (Wildman–Crippen MR) is 112 cm³/mol. The minimum atomic E-state index is -2.86. The van der Waals surface area contributed by atoms with Crippen molar-refractivity contribution in [2.75, 3.05) is 7.05 Å². The van der Waals surface area contributed by atoms with Gasteiger partial charge < -0.3 is 4.90 Å². The fourth-order valence-corrected chi connectivity index (χ4v) is 3.48. The lowest BCUT2D eigenvalue weighted by Crippen LogP contribution is -2.26. The molecule has 0 atom stereocenters. The number of fused-ring (bicyclic) bond motifs is 1. The fourth-order valence-electron chi connectivity index (χ4n) is 3.27. The summed E-state index contributed by atoms with van der Waals surface area (Å²) in [6.45, 7) is 2.64. The molecule has 1 aromatic carbocycles. The molecule has 0 fully saturated rings. The highest BCUT2D eigenvalue weighted by atomic mass is 35.5. The maximum atomic E-state index is 13.7. The zero-order valence-corrected chi connectivity index (χ0v) is 17.9. The van der Waals surface area contributed by atoms with Crippen LogP contribution in [0.15, 0.2) is 42.7 Å². The van der Waals surface area contributed by atoms with E-state index in [-0.39, 0.29) is 23.4 Å². The first-order valence-corrected chi connectivity index (χ1v) is 10.1. The van der Waals surface area contributed by atoms with Crippen molar-refractivity contribution in [1.29, 1.82) is 0 Å². The van der Waals surface area contributed by atoms with Crippen LogP contribution in [-0.2, 0) is 13.1 Å². The van der Waals surface area contributed by atoms with Gasteiger partial charge in [0.15, 0.2) is 5.65 Å². The molecule has 0 bridgehead atoms. The second kappa shape index (κ2) is 8.62. The summed E-state index contributed by atoms with van der Waals surface area (Å²) in [5.41, 5.74) is 0.707. The monoisotopic (exact) mass is 462 g/mol. The van der Waals surface area contributed by atoms with Gasteiger partial charge in [-0.25, -0.2) is 22.7 Å². The lowest BCUT2D eigenvalue weighted by atomic mass is 10.1. The highest BCUT2D eigenvalue weighted by Crippen LogP contribution is 2.27. The quantitative estimate of drug-likeness (QED) is 0.419. The minimum absolute atomic E-state index is 0.0239. The first kappa shape index (κ1) is 21.8. The van der Waals surface area contributed by atoms with Crippen molar-refractivity contribution in [3.63, 3.8) is 0 Å². The number of aryl methyl sites for hydroxylation is 1. The SMILES string of the molecule is CCn1cc(Cl)c(CN(C)C(=O)c2cnn3c(C(F)F)cc(-c4ccc(F)cc4)nc23)n1. The van der Waals surface area contributed by atoms with E-state index in [0.29, 0.717) is 22.8 Å². The molecule has 0 radical (unpaired) electrons. The molecule has 1 amide bonds. The van der Waals surface area contributed by atoms with Crippen molar-refractivity contribution >= 4 is 23.2 Å². The van der Waals surface area contributed by atoms with E-state index < -0.39 is 23.8 Å². The number of nitrogens with zero attached hydrogens (tertiary/aromatic N) is 6. The summed E-state index contributed by atoms with van der Waals surface area (Å²) in [4.78, 5) is 18.8. The van der Waals surface area contributed by atoms with Gasteiger partial charge in [-0.05, 0) is 37.3 Å². The van der Waals surface area contributed by atoms with E-state index in [1.807, 2.05) is 6.92 Å². The van der Waals surface area contributed by atoms with Crippen LogP contribution in [-0.4, -0.2) is 42.2 Å². The molecule has 0 saturated carbocycles. The van der Waals surface area contributed by atoms with Crippen LogP contribution in [0, 0.1) is 5.82 Å². The molecular weight excluding hydrogens is 445 g/mol. The number of hydrogen-bond acceptors (Lipinski definition) is 4. The molecule has 11 heteroatoms. The van der Waals surface area contributed by atoms with E-state index in [2.05, 4.69) is 15.2 Å². The highest BCUT2D eigenvalue weighted by molar-refractivity contribution is 6.31. The van der Waals surface area contributed by atoms with Gasteiger partial charge in [-0.3, -0.25) is 9.48 Å². The average Bonchev–Trinajstić information content (AvgIpc) is 3.36. The van der Waals surface area contributed by atoms with Crippen LogP contribution in [0.1, 0.15) is 35.1 Å². The molecule has 4 rings (SSSR count). The van der Waals surface area contributed by atoms with Crippen molar-refractivity contribution in [3.8, 4) is 11.3 Å². The Bertz CT molecular complexity index is 1280. The number of amides is 1. The Morgan fingerprint density at radius 1 is 1.25 bits per heavy atom. The molecule has 3 heterocycles. The largest absolute Gasteiger partial charge is 0.336 e. The molecule has 0 unspecified atom stereocenters. The number of hydrogen-bond donors (Lipinski definition) is 0. The smallest absolute Gasteiger partial charge is 0.280 e. The molecular formula is C21H18ClF3N6O. The molecule has 0 N–H and O–H groups in total. The summed E-state index contributed by atoms with van der Waals surface area (Å²) in [7, 11) is 1.55. The first-order chi connectivity index (χ1) is 15.3. The molecule has 0 aliphatic heterocycles. The van der Waals surface area contributed by atoms with Crippen LogP contribution in [0.4, 0.5) is 13.2 Å². The second-order valence-electron chi connectivity index (χ2n) is 7.11. The van der Waals surface area contributed by atoms with Crippen molar-refractivity contribution in [1.82, 2.24) is 29.3 Å². The Morgan fingerprint density at radius 2 is 1.97 bits per heavy atom. The van der Waals surface area contributed by atoms with Crippen LogP contribution in [0.25, 0.3) is 16.9 Å². The molecule has 7 nitrogen and oxygen atoms in total. The summed E-state index contributed by atoms with van der Waals surface area (Å²) < 4.78 is 43.3. The number of benzene rings is 1. The van der Waals surface area contributed by atoms with Gasteiger partial charge in [0.05, 0.1) is 23.5 Å². The molecule has 32 heavy (non-hydrogen) atoms. The molecule has 0 saturated heterocycles. The maximum absolute atomic E-state index is 13.7. The third kappa shape index (κ3) is 4.05. The third-order valence-corrected chi connectivity index (χ3v) is 5.25. The number of carbonyl (C=O) groups excluding carboxylic acids is 1. The number of halogens is 4. The van der Waals surface area contributed by atoms with E-state index in [1.54, 1.807) is 17.9 Å². The molecule has 0 spiro atoms. The summed E-state index contributed by atoms with van der Waals surface area (Å²) in [5.74, 6) is -0.944. The average molecular weight is 463 g/mol. The molecule has 0 aliphatic rings. The molecule has 4 aromatic rings. The van der Waals surface area contributed by atoms with Crippen LogP contribution in [0.2, 0.25) is 5.02 Å². The van der Waals surface area contributed by atoms with Crippen molar-refractivity contribution in [2.24, 2.45) is 0 Å². The Balaban J connectivity index is 1.74. The predicted octanol–water partition coefficient (Wildman–Crippen LogP) is 4.62. The van der Waals surface area contributed by atoms with E-state index in [9.17, 15) is 18.0 Å². The van der Waals surface area contributed by atoms with Gasteiger partial charge in [0.2, 0.25) is 0 Å². The van der Waals surface area contributed by atoms with Gasteiger partial charge in [-0.15, -0.1) is 0 Å². The summed E-state index contributed by atoms with van der Waals surface area (Å²) in [6.07, 6.45) is 0.000988. The molecule has 166 valence electrons. The van der Waals surface area contributed by atoms with Gasteiger partial charge in [0.25, 0.3) is 12.3 Å². The molecule has 0 aliphatic carbocycles. The highest BCUT2D eigenvalue weighted by Gasteiger charge is 2.24. The van der Waals surface area contributed by atoms with Gasteiger partial charge in [0.1, 0.15) is 22.8 Å². The topological polar surface area (TPSA) is 68.3 Å². The van der Waals surface area contributed by atoms with Gasteiger partial charge >= 0.3 is 0 Å². The number of carbonyl (C=O) groups is 1. The van der Waals surface area contributed by atoms with E-state index in [4.69, 9.17) is 11.6 Å². The first-order valence-electron chi connectivity index (χ1n) is 9.68. The summed E-state index contributed by atoms with van der Waals surface area (Å²) >= 11 is 6.19. The van der Waals surface area contributed by atoms with Gasteiger partial charge in [-0.2, -0.15) is 10.2 Å². The molecule has 3 aromatic heterocycles. The van der Waals surface area contributed by atoms with Crippen molar-refractivity contribution in [2.45, 2.75) is 26.4 Å². The lowest BCUT2D eigenvalue weighted by molar-refractivity contribution is 0.0784. The second-order valence-corrected chi connectivity index (χ2v) is 7.52. The van der Waals surface area contributed by atoms with Crippen molar-refractivity contribution in [3.05, 3.63) is 70.5 Å². The van der Waals surface area contributed by atoms with Crippen LogP contribution >= 0.6 is 11.6 Å². The number of aromatic nitrogens is 5. The van der Waals surface area contributed by atoms with E-state index in [0.717, 1.165) is 4.52 Å². The van der Waals surface area contributed by atoms with Crippen LogP contribution in [0.5, 0.6) is 0 Å². The normalized spacial score (nSPS) is 11.5. The number of rotatable bonds is 6. The van der Waals surface area contributed by atoms with Crippen molar-refractivity contribution < 1.29 is 18.0 Å². The standard InChI is InChI=1S/C21H18ClF3N6O/c1-3-30-10-15(22)17(28-30)11-29(2)21(32)14-9-26-31-18(19(24)25)8-16(27-20(14)31)12-4-6-13(23)7-5-12/h4-10,19H,3,11H2,1-2H3. The lowest BCUT2D eigenvalue weighted by Gasteiger charge is -2.15. The number of alkyl halides is 2. The van der Waals surface area contributed by atoms with Gasteiger partial charge in [0, 0.05) is 25.4 Å². The maximum Gasteiger partial charge on any atom is 0.280 e. The minimum Gasteiger partial charge on any atom is -0.336 e. The zero-order valence-electron chi connectivity index (χ0n) is 17.1. The van der Waals surface area contributed by atoms with E-state index >= 15 is 0 Å². The fraction of sp³-hybridized carbons (Fsp3) is 0.238. The van der Waals surface area contributed by atoms with Crippen LogP contribution in [0.3, 0.4) is 0 Å². The Morgan fingerprint density at radius 3 is 2.59 bits per heavy atom. The Labute approximate surface area is 186 Å². The van der Waals surface area contributed by atoms with Crippen LogP contribution < -0.4 is 0 Å². The zero-order chi connectivity index (χ0) is 23.0. The Hall–Kier alpha value is -3.40.